The second-order valence-corrected chi connectivity index (χ2v) is 4.18. The van der Waals surface area contributed by atoms with E-state index in [-0.39, 0.29) is 11.7 Å². The normalized spacial score (nSPS) is 12.4. The van der Waals surface area contributed by atoms with Crippen molar-refractivity contribution in [2.24, 2.45) is 5.92 Å². The number of hydrogen-bond donors (Lipinski definition) is 0. The van der Waals surface area contributed by atoms with Crippen molar-refractivity contribution in [3.8, 4) is 0 Å². The summed E-state index contributed by atoms with van der Waals surface area (Å²) in [6, 6.07) is 0. The molecule has 2 heteroatoms. The van der Waals surface area contributed by atoms with E-state index < -0.39 is 0 Å². The van der Waals surface area contributed by atoms with Gasteiger partial charge in [-0.05, 0) is 12.8 Å². The van der Waals surface area contributed by atoms with E-state index >= 15 is 0 Å². The van der Waals surface area contributed by atoms with Crippen molar-refractivity contribution >= 4 is 12.1 Å². The molecule has 0 amide bonds. The Bertz CT molecular complexity index is 175. The zero-order chi connectivity index (χ0) is 11.5. The highest BCUT2D eigenvalue weighted by Crippen LogP contribution is 2.14. The summed E-state index contributed by atoms with van der Waals surface area (Å²) in [7, 11) is 0. The second kappa shape index (κ2) is 9.88. The van der Waals surface area contributed by atoms with Crippen LogP contribution in [0.3, 0.4) is 0 Å². The van der Waals surface area contributed by atoms with Crippen molar-refractivity contribution in [1.29, 1.82) is 0 Å². The van der Waals surface area contributed by atoms with Crippen LogP contribution in [0.15, 0.2) is 0 Å². The summed E-state index contributed by atoms with van der Waals surface area (Å²) in [5.74, 6) is 0.382. The van der Waals surface area contributed by atoms with Gasteiger partial charge in [-0.25, -0.2) is 0 Å². The number of unbranched alkanes of at least 4 members (excludes halogenated alkanes) is 3. The van der Waals surface area contributed by atoms with E-state index in [2.05, 4.69) is 6.92 Å². The monoisotopic (exact) mass is 212 g/mol. The number of carbonyl (C=O) groups excluding carboxylic acids is 2. The molecule has 15 heavy (non-hydrogen) atoms. The van der Waals surface area contributed by atoms with Crippen molar-refractivity contribution < 1.29 is 9.59 Å². The quantitative estimate of drug-likeness (QED) is 0.410. The Morgan fingerprint density at radius 2 is 1.87 bits per heavy atom. The first-order valence-electron chi connectivity index (χ1n) is 6.21. The van der Waals surface area contributed by atoms with Gasteiger partial charge >= 0.3 is 0 Å². The molecule has 2 nitrogen and oxygen atoms in total. The van der Waals surface area contributed by atoms with Gasteiger partial charge in [0.25, 0.3) is 0 Å². The standard InChI is InChI=1S/C13H24O2/c1-3-5-6-7-8-12(11-14)9-10-13(15)4-2/h11-12H,3-10H2,1-2H3/t12-/m1/s1. The zero-order valence-electron chi connectivity index (χ0n) is 10.1. The highest BCUT2D eigenvalue weighted by Gasteiger charge is 2.09. The predicted molar refractivity (Wildman–Crippen MR) is 62.8 cm³/mol. The molecule has 0 aliphatic rings. The molecular weight excluding hydrogens is 188 g/mol. The van der Waals surface area contributed by atoms with Crippen LogP contribution in [0.2, 0.25) is 0 Å². The summed E-state index contributed by atoms with van der Waals surface area (Å²) in [6.07, 6.45) is 8.71. The Hall–Kier alpha value is -0.660. The van der Waals surface area contributed by atoms with Crippen molar-refractivity contribution in [2.45, 2.75) is 65.2 Å². The summed E-state index contributed by atoms with van der Waals surface area (Å²) in [5.41, 5.74) is 0. The first-order valence-corrected chi connectivity index (χ1v) is 6.21. The molecule has 0 fully saturated rings. The molecule has 0 bridgehead atoms. The van der Waals surface area contributed by atoms with E-state index in [1.54, 1.807) is 0 Å². The Balaban J connectivity index is 3.54. The minimum atomic E-state index is 0.109. The number of rotatable bonds is 10. The number of ketones is 1. The number of aldehydes is 1. The molecule has 0 aliphatic heterocycles. The van der Waals surface area contributed by atoms with Crippen LogP contribution in [-0.2, 0) is 9.59 Å². The van der Waals surface area contributed by atoms with Crippen LogP contribution >= 0.6 is 0 Å². The van der Waals surface area contributed by atoms with Crippen LogP contribution in [0.1, 0.15) is 65.2 Å². The number of hydrogen-bond acceptors (Lipinski definition) is 2. The van der Waals surface area contributed by atoms with Crippen LogP contribution in [0, 0.1) is 5.92 Å². The molecule has 88 valence electrons. The van der Waals surface area contributed by atoms with Crippen LogP contribution < -0.4 is 0 Å². The van der Waals surface area contributed by atoms with E-state index in [0.717, 1.165) is 25.5 Å². The van der Waals surface area contributed by atoms with Gasteiger partial charge in [-0.3, -0.25) is 4.79 Å². The van der Waals surface area contributed by atoms with E-state index in [9.17, 15) is 9.59 Å². The summed E-state index contributed by atoms with van der Waals surface area (Å²) in [4.78, 5) is 21.9. The van der Waals surface area contributed by atoms with E-state index in [1.807, 2.05) is 6.92 Å². The third kappa shape index (κ3) is 8.34. The molecule has 0 aromatic heterocycles. The van der Waals surface area contributed by atoms with Crippen molar-refractivity contribution in [2.75, 3.05) is 0 Å². The molecule has 0 saturated heterocycles. The zero-order valence-corrected chi connectivity index (χ0v) is 10.1. The fraction of sp³-hybridized carbons (Fsp3) is 0.846. The molecule has 0 saturated carbocycles. The molecular formula is C13H24O2. The minimum Gasteiger partial charge on any atom is -0.303 e. The van der Waals surface area contributed by atoms with Crippen molar-refractivity contribution in [3.63, 3.8) is 0 Å². The molecule has 0 unspecified atom stereocenters. The molecule has 0 aromatic rings. The summed E-state index contributed by atoms with van der Waals surface area (Å²) < 4.78 is 0. The Morgan fingerprint density at radius 3 is 2.40 bits per heavy atom. The first kappa shape index (κ1) is 14.3. The third-order valence-electron chi connectivity index (χ3n) is 2.81. The maximum absolute atomic E-state index is 11.1. The Labute approximate surface area is 93.4 Å². The van der Waals surface area contributed by atoms with Gasteiger partial charge in [0, 0.05) is 18.8 Å². The SMILES string of the molecule is CCCCCC[C@@H](C=O)CCC(=O)CC. The molecule has 0 aromatic carbocycles. The van der Waals surface area contributed by atoms with E-state index in [1.165, 1.54) is 19.3 Å². The molecule has 0 radical (unpaired) electrons. The van der Waals surface area contributed by atoms with E-state index in [4.69, 9.17) is 0 Å². The topological polar surface area (TPSA) is 34.1 Å². The highest BCUT2D eigenvalue weighted by atomic mass is 16.1. The van der Waals surface area contributed by atoms with Gasteiger partial charge in [-0.15, -0.1) is 0 Å². The average molecular weight is 212 g/mol. The van der Waals surface area contributed by atoms with Crippen molar-refractivity contribution in [1.82, 2.24) is 0 Å². The predicted octanol–water partition coefficient (Wildman–Crippen LogP) is 3.53. The molecule has 0 spiro atoms. The lowest BCUT2D eigenvalue weighted by Crippen LogP contribution is -2.05. The van der Waals surface area contributed by atoms with Gasteiger partial charge in [0.2, 0.25) is 0 Å². The van der Waals surface area contributed by atoms with Crippen LogP contribution in [0.4, 0.5) is 0 Å². The van der Waals surface area contributed by atoms with Gasteiger partial charge in [0.1, 0.15) is 12.1 Å². The molecule has 0 aliphatic carbocycles. The average Bonchev–Trinajstić information content (AvgIpc) is 2.27. The van der Waals surface area contributed by atoms with Gasteiger partial charge in [-0.2, -0.15) is 0 Å². The lowest BCUT2D eigenvalue weighted by Gasteiger charge is -2.08. The van der Waals surface area contributed by atoms with Crippen LogP contribution in [-0.4, -0.2) is 12.1 Å². The highest BCUT2D eigenvalue weighted by molar-refractivity contribution is 5.78. The Kier molecular flexibility index (Phi) is 9.44. The van der Waals surface area contributed by atoms with Crippen LogP contribution in [0.5, 0.6) is 0 Å². The first-order chi connectivity index (χ1) is 7.24. The third-order valence-corrected chi connectivity index (χ3v) is 2.81. The lowest BCUT2D eigenvalue weighted by atomic mass is 9.96. The molecule has 0 rings (SSSR count). The smallest absolute Gasteiger partial charge is 0.132 e. The summed E-state index contributed by atoms with van der Waals surface area (Å²) in [5, 5.41) is 0. The fourth-order valence-corrected chi connectivity index (χ4v) is 1.64. The van der Waals surface area contributed by atoms with Gasteiger partial charge < -0.3 is 4.79 Å². The largest absolute Gasteiger partial charge is 0.303 e. The lowest BCUT2D eigenvalue weighted by molar-refractivity contribution is -0.119. The molecule has 0 N–H and O–H groups in total. The molecule has 1 atom stereocenters. The van der Waals surface area contributed by atoms with Gasteiger partial charge in [-0.1, -0.05) is 39.5 Å². The van der Waals surface area contributed by atoms with Gasteiger partial charge in [0.05, 0.1) is 0 Å². The molecule has 0 heterocycles. The number of carbonyl (C=O) groups is 2. The maximum atomic E-state index is 11.1. The summed E-state index contributed by atoms with van der Waals surface area (Å²) in [6.45, 7) is 4.05. The Morgan fingerprint density at radius 1 is 1.13 bits per heavy atom. The number of Topliss-reactive ketones (excluding diaryl/α,β-unsaturated/α-hetero) is 1. The van der Waals surface area contributed by atoms with E-state index in [0.29, 0.717) is 12.8 Å². The van der Waals surface area contributed by atoms with Crippen molar-refractivity contribution in [3.05, 3.63) is 0 Å². The van der Waals surface area contributed by atoms with Crippen LogP contribution in [0.25, 0.3) is 0 Å². The maximum Gasteiger partial charge on any atom is 0.132 e. The fourth-order valence-electron chi connectivity index (χ4n) is 1.64. The summed E-state index contributed by atoms with van der Waals surface area (Å²) >= 11 is 0. The second-order valence-electron chi connectivity index (χ2n) is 4.18. The van der Waals surface area contributed by atoms with Gasteiger partial charge in [0.15, 0.2) is 0 Å². The minimum absolute atomic E-state index is 0.109.